The van der Waals surface area contributed by atoms with Crippen molar-refractivity contribution in [3.05, 3.63) is 29.8 Å². The van der Waals surface area contributed by atoms with E-state index in [2.05, 4.69) is 16.7 Å². The average molecular weight is 273 g/mol. The average Bonchev–Trinajstić information content (AvgIpc) is 2.87. The van der Waals surface area contributed by atoms with Gasteiger partial charge in [0.25, 0.3) is 0 Å². The van der Waals surface area contributed by atoms with Crippen LogP contribution in [0.15, 0.2) is 24.3 Å². The fourth-order valence-electron chi connectivity index (χ4n) is 2.43. The summed E-state index contributed by atoms with van der Waals surface area (Å²) in [6, 6.07) is 8.89. The Morgan fingerprint density at radius 1 is 1.30 bits per heavy atom. The molecule has 0 saturated heterocycles. The molecule has 0 unspecified atom stereocenters. The number of nitrogens with one attached hydrogen (secondary N) is 2. The van der Waals surface area contributed by atoms with Crippen LogP contribution in [0.25, 0.3) is 0 Å². The number of amides is 2. The van der Waals surface area contributed by atoms with Gasteiger partial charge in [-0.2, -0.15) is 5.26 Å². The van der Waals surface area contributed by atoms with Crippen molar-refractivity contribution in [3.8, 4) is 6.07 Å². The fourth-order valence-corrected chi connectivity index (χ4v) is 2.43. The molecule has 1 aromatic carbocycles. The van der Waals surface area contributed by atoms with E-state index in [-0.39, 0.29) is 12.6 Å². The summed E-state index contributed by atoms with van der Waals surface area (Å²) in [6.07, 6.45) is 3.88. The molecule has 0 spiro atoms. The Balaban J connectivity index is 1.80. The predicted octanol–water partition coefficient (Wildman–Crippen LogP) is 2.18. The monoisotopic (exact) mass is 273 g/mol. The van der Waals surface area contributed by atoms with Gasteiger partial charge in [0.2, 0.25) is 0 Å². The Bertz CT molecular complexity index is 499. The first kappa shape index (κ1) is 14.4. The van der Waals surface area contributed by atoms with Crippen molar-refractivity contribution >= 4 is 11.7 Å². The van der Waals surface area contributed by atoms with E-state index in [9.17, 15) is 9.90 Å². The van der Waals surface area contributed by atoms with Gasteiger partial charge in [-0.1, -0.05) is 25.0 Å². The summed E-state index contributed by atoms with van der Waals surface area (Å²) in [6.45, 7) is 0.283. The lowest BCUT2D eigenvalue weighted by Gasteiger charge is -2.22. The zero-order valence-corrected chi connectivity index (χ0v) is 11.4. The topological polar surface area (TPSA) is 85.2 Å². The number of rotatable bonds is 4. The van der Waals surface area contributed by atoms with Crippen LogP contribution in [0, 0.1) is 11.3 Å². The maximum atomic E-state index is 11.7. The lowest BCUT2D eigenvalue weighted by Crippen LogP contribution is -2.42. The van der Waals surface area contributed by atoms with E-state index in [4.69, 9.17) is 5.26 Å². The molecule has 20 heavy (non-hydrogen) atoms. The van der Waals surface area contributed by atoms with Crippen LogP contribution in [0.2, 0.25) is 0 Å². The molecule has 2 amide bonds. The summed E-state index contributed by atoms with van der Waals surface area (Å²) < 4.78 is 0. The van der Waals surface area contributed by atoms with Gasteiger partial charge in [0.1, 0.15) is 0 Å². The van der Waals surface area contributed by atoms with E-state index < -0.39 is 5.60 Å². The number of carbonyl (C=O) groups excluding carboxylic acids is 1. The van der Waals surface area contributed by atoms with Crippen LogP contribution in [-0.2, 0) is 6.42 Å². The molecule has 3 N–H and O–H groups in total. The zero-order chi connectivity index (χ0) is 14.4. The lowest BCUT2D eigenvalue weighted by molar-refractivity contribution is 0.0506. The van der Waals surface area contributed by atoms with E-state index in [1.165, 1.54) is 0 Å². The number of carbonyl (C=O) groups is 1. The number of hydrogen-bond acceptors (Lipinski definition) is 3. The molecule has 1 aliphatic carbocycles. The molecule has 1 aromatic rings. The van der Waals surface area contributed by atoms with Crippen molar-refractivity contribution in [2.24, 2.45) is 0 Å². The Kier molecular flexibility index (Phi) is 4.59. The molecular weight excluding hydrogens is 254 g/mol. The van der Waals surface area contributed by atoms with Crippen molar-refractivity contribution < 1.29 is 9.90 Å². The van der Waals surface area contributed by atoms with E-state index in [0.717, 1.165) is 31.2 Å². The summed E-state index contributed by atoms with van der Waals surface area (Å²) in [5.74, 6) is 0. The summed E-state index contributed by atoms with van der Waals surface area (Å²) >= 11 is 0. The zero-order valence-electron chi connectivity index (χ0n) is 11.4. The van der Waals surface area contributed by atoms with E-state index >= 15 is 0 Å². The summed E-state index contributed by atoms with van der Waals surface area (Å²) in [5, 5.41) is 24.1. The highest BCUT2D eigenvalue weighted by Gasteiger charge is 2.31. The fraction of sp³-hybridized carbons (Fsp3) is 0.467. The molecule has 5 heteroatoms. The second-order valence-corrected chi connectivity index (χ2v) is 5.27. The molecule has 0 bridgehead atoms. The molecule has 106 valence electrons. The Labute approximate surface area is 118 Å². The third kappa shape index (κ3) is 3.97. The minimum absolute atomic E-state index is 0.283. The highest BCUT2D eigenvalue weighted by Crippen LogP contribution is 2.28. The van der Waals surface area contributed by atoms with Gasteiger partial charge in [-0.05, 0) is 30.5 Å². The first-order valence-electron chi connectivity index (χ1n) is 6.84. The molecule has 0 radical (unpaired) electrons. The van der Waals surface area contributed by atoms with Gasteiger partial charge in [-0.25, -0.2) is 4.79 Å². The maximum absolute atomic E-state index is 11.7. The van der Waals surface area contributed by atoms with Gasteiger partial charge in [0.05, 0.1) is 18.1 Å². The third-order valence-electron chi connectivity index (χ3n) is 3.61. The number of benzene rings is 1. The largest absolute Gasteiger partial charge is 0.388 e. The highest BCUT2D eigenvalue weighted by molar-refractivity contribution is 5.89. The lowest BCUT2D eigenvalue weighted by atomic mass is 10.0. The van der Waals surface area contributed by atoms with Crippen molar-refractivity contribution in [1.29, 1.82) is 5.26 Å². The van der Waals surface area contributed by atoms with Gasteiger partial charge in [0.15, 0.2) is 0 Å². The van der Waals surface area contributed by atoms with Crippen LogP contribution in [0.4, 0.5) is 10.5 Å². The van der Waals surface area contributed by atoms with E-state index in [1.54, 1.807) is 12.1 Å². The van der Waals surface area contributed by atoms with Crippen LogP contribution in [0.3, 0.4) is 0 Å². The first-order chi connectivity index (χ1) is 9.61. The van der Waals surface area contributed by atoms with Gasteiger partial charge in [0, 0.05) is 12.2 Å². The second kappa shape index (κ2) is 6.40. The maximum Gasteiger partial charge on any atom is 0.319 e. The van der Waals surface area contributed by atoms with E-state index in [1.807, 2.05) is 12.1 Å². The standard InChI is InChI=1S/C15H19N3O2/c16-10-7-12-3-5-13(6-4-12)18-14(19)17-11-15(20)8-1-2-9-15/h3-6,20H,1-2,7-9,11H2,(H2,17,18,19). The molecule has 1 aliphatic rings. The van der Waals surface area contributed by atoms with Crippen LogP contribution in [0.5, 0.6) is 0 Å². The number of anilines is 1. The summed E-state index contributed by atoms with van der Waals surface area (Å²) in [4.78, 5) is 11.7. The molecule has 0 heterocycles. The van der Waals surface area contributed by atoms with Crippen LogP contribution in [0.1, 0.15) is 31.2 Å². The second-order valence-electron chi connectivity index (χ2n) is 5.27. The molecular formula is C15H19N3O2. The summed E-state index contributed by atoms with van der Waals surface area (Å²) in [5.41, 5.74) is 0.842. The highest BCUT2D eigenvalue weighted by atomic mass is 16.3. The minimum Gasteiger partial charge on any atom is -0.388 e. The third-order valence-corrected chi connectivity index (χ3v) is 3.61. The molecule has 0 aromatic heterocycles. The number of nitriles is 1. The van der Waals surface area contributed by atoms with Gasteiger partial charge < -0.3 is 15.7 Å². The van der Waals surface area contributed by atoms with Gasteiger partial charge >= 0.3 is 6.03 Å². The Morgan fingerprint density at radius 2 is 1.95 bits per heavy atom. The van der Waals surface area contributed by atoms with Gasteiger partial charge in [-0.15, -0.1) is 0 Å². The normalized spacial score (nSPS) is 16.4. The van der Waals surface area contributed by atoms with Crippen molar-refractivity contribution in [2.45, 2.75) is 37.7 Å². The number of nitrogens with zero attached hydrogens (tertiary/aromatic N) is 1. The Hall–Kier alpha value is -2.06. The quantitative estimate of drug-likeness (QED) is 0.786. The predicted molar refractivity (Wildman–Crippen MR) is 76.2 cm³/mol. The van der Waals surface area contributed by atoms with Crippen molar-refractivity contribution in [2.75, 3.05) is 11.9 Å². The molecule has 1 saturated carbocycles. The van der Waals surface area contributed by atoms with Crippen LogP contribution < -0.4 is 10.6 Å². The van der Waals surface area contributed by atoms with Crippen molar-refractivity contribution in [1.82, 2.24) is 5.32 Å². The smallest absolute Gasteiger partial charge is 0.319 e. The molecule has 0 aliphatic heterocycles. The van der Waals surface area contributed by atoms with Crippen molar-refractivity contribution in [3.63, 3.8) is 0 Å². The molecule has 0 atom stereocenters. The number of aliphatic hydroxyl groups is 1. The van der Waals surface area contributed by atoms with Crippen LogP contribution >= 0.6 is 0 Å². The Morgan fingerprint density at radius 3 is 2.55 bits per heavy atom. The molecule has 1 fully saturated rings. The van der Waals surface area contributed by atoms with Crippen LogP contribution in [-0.4, -0.2) is 23.3 Å². The van der Waals surface area contributed by atoms with Gasteiger partial charge in [-0.3, -0.25) is 0 Å². The first-order valence-corrected chi connectivity index (χ1v) is 6.84. The number of hydrogen-bond donors (Lipinski definition) is 3. The molecule has 5 nitrogen and oxygen atoms in total. The minimum atomic E-state index is -0.742. The SMILES string of the molecule is N#CCc1ccc(NC(=O)NCC2(O)CCCC2)cc1. The molecule has 2 rings (SSSR count). The van der Waals surface area contributed by atoms with E-state index in [0.29, 0.717) is 12.1 Å². The number of urea groups is 1. The summed E-state index contributed by atoms with van der Waals surface area (Å²) in [7, 11) is 0.